The molecule has 4 N–H and O–H groups in total. The Labute approximate surface area is 198 Å². The molecule has 0 unspecified atom stereocenters. The maximum atomic E-state index is 11.2. The van der Waals surface area contributed by atoms with Crippen molar-refractivity contribution in [3.63, 3.8) is 0 Å². The molecular formula is C24H32N2O8. The maximum absolute atomic E-state index is 11.2. The second kappa shape index (κ2) is 14.6. The van der Waals surface area contributed by atoms with Gasteiger partial charge in [0, 0.05) is 47.1 Å². The summed E-state index contributed by atoms with van der Waals surface area (Å²) in [5, 5.41) is 37.8. The molecule has 2 aromatic rings. The van der Waals surface area contributed by atoms with Crippen LogP contribution in [-0.2, 0) is 38.7 Å². The Kier molecular flexibility index (Phi) is 12.3. The van der Waals surface area contributed by atoms with E-state index in [1.54, 1.807) is 27.7 Å². The Balaban J connectivity index is 0.000000340. The van der Waals surface area contributed by atoms with Crippen LogP contribution < -0.4 is 0 Å². The Morgan fingerprint density at radius 2 is 1.47 bits per heavy atom. The number of ether oxygens (including phenoxy) is 2. The van der Waals surface area contributed by atoms with Gasteiger partial charge in [-0.1, -0.05) is 0 Å². The fourth-order valence-electron chi connectivity index (χ4n) is 2.87. The van der Waals surface area contributed by atoms with Crippen LogP contribution in [0.4, 0.5) is 0 Å². The summed E-state index contributed by atoms with van der Waals surface area (Å²) in [6.45, 7) is 6.92. The van der Waals surface area contributed by atoms with Gasteiger partial charge in [-0.15, -0.1) is 0 Å². The largest absolute Gasteiger partial charge is 0.506 e. The Morgan fingerprint density at radius 3 is 2.03 bits per heavy atom. The smallest absolute Gasteiger partial charge is 0.330 e. The van der Waals surface area contributed by atoms with Crippen LogP contribution in [0.3, 0.4) is 0 Å². The zero-order valence-electron chi connectivity index (χ0n) is 19.9. The lowest BCUT2D eigenvalue weighted by atomic mass is 10.0. The van der Waals surface area contributed by atoms with Gasteiger partial charge in [-0.3, -0.25) is 14.8 Å². The van der Waals surface area contributed by atoms with Gasteiger partial charge in [0.2, 0.25) is 0 Å². The van der Waals surface area contributed by atoms with Gasteiger partial charge in [-0.05, 0) is 40.2 Å². The summed E-state index contributed by atoms with van der Waals surface area (Å²) in [6, 6.07) is 0. The van der Waals surface area contributed by atoms with E-state index in [4.69, 9.17) is 19.7 Å². The fourth-order valence-corrected chi connectivity index (χ4v) is 2.87. The highest BCUT2D eigenvalue weighted by atomic mass is 16.5. The molecule has 10 nitrogen and oxygen atoms in total. The van der Waals surface area contributed by atoms with Crippen LogP contribution in [-0.4, -0.2) is 55.5 Å². The number of carbonyl (C=O) groups is 2. The lowest BCUT2D eigenvalue weighted by molar-refractivity contribution is -0.143. The molecule has 2 heterocycles. The average molecular weight is 477 g/mol. The molecular weight excluding hydrogens is 444 g/mol. The number of aromatic nitrogens is 2. The van der Waals surface area contributed by atoms with Crippen molar-refractivity contribution >= 4 is 18.0 Å². The summed E-state index contributed by atoms with van der Waals surface area (Å²) in [5.74, 6) is -0.812. The molecule has 0 saturated carbocycles. The first-order valence-corrected chi connectivity index (χ1v) is 10.8. The molecule has 0 fully saturated rings. The minimum absolute atomic E-state index is 0.0425. The molecule has 2 aromatic heterocycles. The summed E-state index contributed by atoms with van der Waals surface area (Å²) in [7, 11) is 0. The highest BCUT2D eigenvalue weighted by Crippen LogP contribution is 2.26. The predicted molar refractivity (Wildman–Crippen MR) is 124 cm³/mol. The minimum atomic E-state index is -0.495. The summed E-state index contributed by atoms with van der Waals surface area (Å²) < 4.78 is 9.53. The van der Waals surface area contributed by atoms with Crippen LogP contribution >= 0.6 is 0 Å². The van der Waals surface area contributed by atoms with E-state index in [1.165, 1.54) is 24.5 Å². The Bertz CT molecular complexity index is 1000. The molecule has 0 aliphatic carbocycles. The van der Waals surface area contributed by atoms with Crippen molar-refractivity contribution in [1.82, 2.24) is 9.97 Å². The minimum Gasteiger partial charge on any atom is -0.506 e. The van der Waals surface area contributed by atoms with E-state index in [2.05, 4.69) is 9.97 Å². The van der Waals surface area contributed by atoms with Crippen LogP contribution in [0.25, 0.3) is 6.08 Å². The maximum Gasteiger partial charge on any atom is 0.330 e. The monoisotopic (exact) mass is 476 g/mol. The SMILES string of the molecule is CCOC(=O)/C=C/c1c(CO)cnc(C)c1O.CCOC(=O)CCc1c(CO)cnc(C)c1O. The van der Waals surface area contributed by atoms with Gasteiger partial charge in [0.05, 0.1) is 37.8 Å². The van der Waals surface area contributed by atoms with Gasteiger partial charge < -0.3 is 29.9 Å². The highest BCUT2D eigenvalue weighted by Gasteiger charge is 2.13. The van der Waals surface area contributed by atoms with Crippen molar-refractivity contribution in [2.24, 2.45) is 0 Å². The predicted octanol–water partition coefficient (Wildman–Crippen LogP) is 2.25. The molecule has 186 valence electrons. The molecule has 0 amide bonds. The fraction of sp³-hybridized carbons (Fsp3) is 0.417. The van der Waals surface area contributed by atoms with E-state index < -0.39 is 5.97 Å². The topological polar surface area (TPSA) is 159 Å². The van der Waals surface area contributed by atoms with Crippen molar-refractivity contribution in [3.05, 3.63) is 52.1 Å². The number of carbonyl (C=O) groups excluding carboxylic acids is 2. The summed E-state index contributed by atoms with van der Waals surface area (Å²) in [4.78, 5) is 30.2. The molecule has 0 aliphatic heterocycles. The average Bonchev–Trinajstić information content (AvgIpc) is 2.81. The molecule has 0 saturated heterocycles. The molecule has 0 bridgehead atoms. The first-order valence-electron chi connectivity index (χ1n) is 10.8. The van der Waals surface area contributed by atoms with E-state index in [-0.39, 0.29) is 43.7 Å². The van der Waals surface area contributed by atoms with Crippen molar-refractivity contribution in [2.45, 2.75) is 53.8 Å². The van der Waals surface area contributed by atoms with Crippen LogP contribution in [0.2, 0.25) is 0 Å². The van der Waals surface area contributed by atoms with E-state index >= 15 is 0 Å². The number of hydrogen-bond donors (Lipinski definition) is 4. The molecule has 0 aromatic carbocycles. The second-order valence-electron chi connectivity index (χ2n) is 7.03. The third-order valence-corrected chi connectivity index (χ3v) is 4.69. The van der Waals surface area contributed by atoms with Crippen molar-refractivity contribution in [3.8, 4) is 11.5 Å². The molecule has 34 heavy (non-hydrogen) atoms. The zero-order valence-corrected chi connectivity index (χ0v) is 19.9. The first-order chi connectivity index (χ1) is 16.2. The normalized spacial score (nSPS) is 10.5. The lowest BCUT2D eigenvalue weighted by Gasteiger charge is -2.10. The van der Waals surface area contributed by atoms with Crippen LogP contribution in [0, 0.1) is 13.8 Å². The quantitative estimate of drug-likeness (QED) is 0.312. The molecule has 0 aliphatic rings. The number of aliphatic hydroxyl groups is 2. The van der Waals surface area contributed by atoms with Crippen LogP contribution in [0.15, 0.2) is 18.5 Å². The molecule has 0 atom stereocenters. The highest BCUT2D eigenvalue weighted by molar-refractivity contribution is 5.88. The number of rotatable bonds is 9. The first kappa shape index (κ1) is 28.5. The third-order valence-electron chi connectivity index (χ3n) is 4.69. The number of esters is 2. The molecule has 0 radical (unpaired) electrons. The van der Waals surface area contributed by atoms with E-state index in [9.17, 15) is 19.8 Å². The van der Waals surface area contributed by atoms with Gasteiger partial charge in [0.1, 0.15) is 11.5 Å². The third kappa shape index (κ3) is 8.45. The molecule has 2 rings (SSSR count). The van der Waals surface area contributed by atoms with E-state index in [0.29, 0.717) is 46.7 Å². The van der Waals surface area contributed by atoms with E-state index in [1.807, 2.05) is 0 Å². The van der Waals surface area contributed by atoms with Crippen molar-refractivity contribution in [2.75, 3.05) is 13.2 Å². The molecule has 10 heteroatoms. The summed E-state index contributed by atoms with van der Waals surface area (Å²) >= 11 is 0. The Hall–Kier alpha value is -3.50. The van der Waals surface area contributed by atoms with Crippen LogP contribution in [0.1, 0.15) is 53.9 Å². The number of aliphatic hydroxyl groups excluding tert-OH is 2. The van der Waals surface area contributed by atoms with Crippen molar-refractivity contribution < 1.29 is 39.5 Å². The van der Waals surface area contributed by atoms with Crippen molar-refractivity contribution in [1.29, 1.82) is 0 Å². The van der Waals surface area contributed by atoms with E-state index in [0.717, 1.165) is 0 Å². The second-order valence-corrected chi connectivity index (χ2v) is 7.03. The van der Waals surface area contributed by atoms with Crippen LogP contribution in [0.5, 0.6) is 11.5 Å². The number of hydrogen-bond acceptors (Lipinski definition) is 10. The number of nitrogens with zero attached hydrogens (tertiary/aromatic N) is 2. The number of pyridine rings is 2. The van der Waals surface area contributed by atoms with Gasteiger partial charge in [0.25, 0.3) is 0 Å². The summed E-state index contributed by atoms with van der Waals surface area (Å²) in [5.41, 5.74) is 2.86. The molecule has 0 spiro atoms. The van der Waals surface area contributed by atoms with Gasteiger partial charge in [-0.25, -0.2) is 4.79 Å². The summed E-state index contributed by atoms with van der Waals surface area (Å²) in [6.07, 6.45) is 6.10. The lowest BCUT2D eigenvalue weighted by Crippen LogP contribution is -2.07. The zero-order chi connectivity index (χ0) is 25.7. The van der Waals surface area contributed by atoms with Gasteiger partial charge in [0.15, 0.2) is 0 Å². The van der Waals surface area contributed by atoms with Gasteiger partial charge in [-0.2, -0.15) is 0 Å². The Morgan fingerprint density at radius 1 is 0.912 bits per heavy atom. The standard InChI is InChI=1S/C12H17NO4.C12H15NO4/c2*1-3-17-11(15)5-4-10-9(7-14)6-13-8(2)12(10)16/h6,14,16H,3-5,7H2,1-2H3;4-6,14,16H,3,7H2,1-2H3/b;5-4+. The van der Waals surface area contributed by atoms with Gasteiger partial charge >= 0.3 is 11.9 Å². The number of aryl methyl sites for hydroxylation is 2. The number of aromatic hydroxyl groups is 2.